The third-order valence-electron chi connectivity index (χ3n) is 18.9. The molecule has 1 aliphatic heterocycles. The van der Waals surface area contributed by atoms with Crippen LogP contribution in [0.15, 0.2) is 52.1 Å². The van der Waals surface area contributed by atoms with Crippen molar-refractivity contribution in [3.63, 3.8) is 0 Å². The second-order valence-corrected chi connectivity index (χ2v) is 43.7. The number of Topliss-reactive ketones (excluding diaryl/α,β-unsaturated/α-hetero) is 4. The Kier molecular flexibility index (Phi) is 138. The highest BCUT2D eigenvalue weighted by atomic mass is 32.2. The van der Waals surface area contributed by atoms with E-state index in [9.17, 15) is 19.2 Å². The van der Waals surface area contributed by atoms with Crippen LogP contribution in [0.4, 0.5) is 0 Å². The Morgan fingerprint density at radius 1 is 0.426 bits per heavy atom. The Bertz CT molecular complexity index is 2150. The van der Waals surface area contributed by atoms with E-state index in [1.807, 2.05) is 66.4 Å². The van der Waals surface area contributed by atoms with Crippen LogP contribution in [-0.4, -0.2) is 64.9 Å². The fourth-order valence-corrected chi connectivity index (χ4v) is 9.84. The zero-order chi connectivity index (χ0) is 99.2. The Balaban J connectivity index is -0.0000000850. The van der Waals surface area contributed by atoms with Crippen molar-refractivity contribution >= 4 is 46.9 Å². The number of aliphatic hydroxyl groups is 1. The van der Waals surface area contributed by atoms with E-state index in [4.69, 9.17) is 10.8 Å². The number of aliphatic imine (C=N–C) groups is 2. The SMILES string of the molecule is CC(=O)CC(C)C.CC(=O)CC(C)C.CC(=O)CCC(C)C.CC(=O)CCC(C)C.CC(C)C.CC(C)C(C)C.CC(C)C(C)O.CC(C)C1CCCC1.CC(C)CC(C)C.CC(C)CC1=CCC=N1.CC(C)Cc1ccccc1.CC(N)=NCCCC(C)C.CCC(C)C.CCC(C)C.CCC(C)C(C)C.CCCCCC(C)C.CSCCC(C)C. The minimum absolute atomic E-state index is 0.148. The van der Waals surface area contributed by atoms with Crippen LogP contribution in [0.2, 0.25) is 0 Å². The summed E-state index contributed by atoms with van der Waals surface area (Å²) in [5.41, 5.74) is 8.07. The monoisotopic (exact) mass is 1750 g/mol. The first-order valence-electron chi connectivity index (χ1n) is 50.6. The normalized spacial score (nSPS) is 12.2. The number of ketones is 4. The molecule has 740 valence electrons. The fraction of sp³-hybridized carbons (Fsp3) is 0.876. The molecular formula is C113H237N3O5S. The van der Waals surface area contributed by atoms with E-state index in [1.165, 1.54) is 113 Å². The topological polar surface area (TPSA) is 139 Å². The molecule has 8 nitrogen and oxygen atoms in total. The van der Waals surface area contributed by atoms with Gasteiger partial charge in [-0.15, -0.1) is 0 Å². The van der Waals surface area contributed by atoms with Crippen LogP contribution in [0.3, 0.4) is 0 Å². The molecule has 1 aliphatic carbocycles. The summed E-state index contributed by atoms with van der Waals surface area (Å²) in [5.74, 6) is 19.9. The average Bonchev–Trinajstić information content (AvgIpc) is 1.93. The zero-order valence-corrected chi connectivity index (χ0v) is 94.4. The smallest absolute Gasteiger partial charge is 0.130 e. The maximum absolute atomic E-state index is 10.3. The quantitative estimate of drug-likeness (QED) is 0.0398. The number of hydrogen-bond donors (Lipinski definition) is 2. The summed E-state index contributed by atoms with van der Waals surface area (Å²) in [4.78, 5) is 49.5. The molecule has 2 atom stereocenters. The molecule has 2 aliphatic rings. The molecule has 0 saturated heterocycles. The third kappa shape index (κ3) is 208. The first kappa shape index (κ1) is 150. The van der Waals surface area contributed by atoms with Gasteiger partial charge < -0.3 is 30.0 Å². The van der Waals surface area contributed by atoms with Gasteiger partial charge in [0, 0.05) is 50.6 Å². The second kappa shape index (κ2) is 112. The molecule has 0 amide bonds. The molecule has 1 heterocycles. The summed E-state index contributed by atoms with van der Waals surface area (Å²) in [7, 11) is 0. The molecule has 3 rings (SSSR count). The lowest BCUT2D eigenvalue weighted by Crippen LogP contribution is -2.07. The number of unbranched alkanes of at least 4 members (excludes halogenated alkanes) is 2. The average molecular weight is 1750 g/mol. The molecule has 0 bridgehead atoms. The van der Waals surface area contributed by atoms with E-state index in [1.54, 1.807) is 34.6 Å². The minimum Gasteiger partial charge on any atom is -0.393 e. The van der Waals surface area contributed by atoms with Crippen molar-refractivity contribution in [3.8, 4) is 0 Å². The van der Waals surface area contributed by atoms with E-state index < -0.39 is 0 Å². The Morgan fingerprint density at radius 3 is 0.934 bits per heavy atom. The summed E-state index contributed by atoms with van der Waals surface area (Å²) in [5, 5.41) is 8.63. The molecule has 0 aromatic heterocycles. The van der Waals surface area contributed by atoms with Crippen molar-refractivity contribution in [2.24, 2.45) is 140 Å². The molecule has 1 aromatic rings. The van der Waals surface area contributed by atoms with Crippen LogP contribution in [0.1, 0.15) is 499 Å². The summed E-state index contributed by atoms with van der Waals surface area (Å²) in [6, 6.07) is 10.6. The molecule has 1 saturated carbocycles. The van der Waals surface area contributed by atoms with E-state index in [-0.39, 0.29) is 17.7 Å². The molecule has 1 fully saturated rings. The highest BCUT2D eigenvalue weighted by Crippen LogP contribution is 2.30. The Labute approximate surface area is 779 Å². The van der Waals surface area contributed by atoms with Gasteiger partial charge in [-0.05, 0) is 235 Å². The number of benzene rings is 1. The van der Waals surface area contributed by atoms with Crippen molar-refractivity contribution in [1.29, 1.82) is 0 Å². The summed E-state index contributed by atoms with van der Waals surface area (Å²) in [6.45, 7) is 108. The molecule has 2 unspecified atom stereocenters. The van der Waals surface area contributed by atoms with E-state index >= 15 is 0 Å². The number of rotatable bonds is 34. The third-order valence-corrected chi connectivity index (χ3v) is 19.6. The van der Waals surface area contributed by atoms with E-state index in [2.05, 4.69) is 316 Å². The molecule has 3 N–H and O–H groups in total. The van der Waals surface area contributed by atoms with Crippen molar-refractivity contribution in [2.75, 3.05) is 18.6 Å². The molecule has 0 radical (unpaired) electrons. The summed E-state index contributed by atoms with van der Waals surface area (Å²) < 4.78 is 0. The second-order valence-electron chi connectivity index (χ2n) is 42.7. The van der Waals surface area contributed by atoms with Crippen LogP contribution in [0.5, 0.6) is 0 Å². The maximum Gasteiger partial charge on any atom is 0.130 e. The predicted molar refractivity (Wildman–Crippen MR) is 571 cm³/mol. The molecule has 122 heavy (non-hydrogen) atoms. The van der Waals surface area contributed by atoms with Crippen LogP contribution in [-0.2, 0) is 25.6 Å². The number of allylic oxidation sites excluding steroid dienone is 2. The van der Waals surface area contributed by atoms with Crippen molar-refractivity contribution in [1.82, 2.24) is 0 Å². The zero-order valence-electron chi connectivity index (χ0n) is 93.6. The van der Waals surface area contributed by atoms with Crippen LogP contribution >= 0.6 is 11.8 Å². The summed E-state index contributed by atoms with van der Waals surface area (Å²) >= 11 is 1.93. The maximum atomic E-state index is 10.3. The van der Waals surface area contributed by atoms with Gasteiger partial charge in [0.1, 0.15) is 23.1 Å². The Morgan fingerprint density at radius 2 is 0.770 bits per heavy atom. The number of nitrogens with zero attached hydrogens (tertiary/aromatic N) is 2. The highest BCUT2D eigenvalue weighted by Gasteiger charge is 2.17. The van der Waals surface area contributed by atoms with Gasteiger partial charge in [0.2, 0.25) is 0 Å². The lowest BCUT2D eigenvalue weighted by molar-refractivity contribution is -0.118. The van der Waals surface area contributed by atoms with Crippen molar-refractivity contribution in [2.45, 2.75) is 506 Å². The van der Waals surface area contributed by atoms with Crippen molar-refractivity contribution < 1.29 is 24.3 Å². The minimum atomic E-state index is -0.148. The number of aliphatic hydroxyl groups excluding tert-OH is 1. The standard InChI is InChI=1S/C10H14.C8H18N2.C8H13N.C8H16.C8H18.2C7H14O.2C7H16.2C6H12O.C6H14S.C6H14.C5H12O.2C5H12.C4H10/c1-9(2)8-10-6-4-3-5-7-10;1-7(2)5-4-6-10-8(3)9;1-7(2)6-8-4-3-5-9-8;1-7(2)8-5-3-4-6-8;1-4-5-6-7-8(2)3;2*1-6(2)4-5-7(3)8;1-6(2)5-7(3)4;1-5-7(4)6(2)3;2*1-5(2)4-6(3)7;1-6(2)4-5-7-3;1-5(2)6(3)4;1-4(2)5(3)6;2*1-4-5(2)3;1-4(2)3/h3-7,9H,8H2,1-2H3;7H,4-6H2,1-3H3,(H2,9,10);4-5,7H,3,6H2,1-2H3;7-8H,3-6H2,1-2H3;8H,4-7H2,1-3H3;2*6H,4-5H2,1-3H3;2*6-7H,5H2,1-4H3;2*5H,4H2,1-3H3;6H,4-5H2,1-3H3;5-6H,1-4H3;4-6H,1-3H3;2*5H,4H2,1-3H3;4H,1-3H3. The van der Waals surface area contributed by atoms with Crippen LogP contribution in [0.25, 0.3) is 0 Å². The van der Waals surface area contributed by atoms with E-state index in [0.29, 0.717) is 47.0 Å². The molecule has 1 aromatic carbocycles. The van der Waals surface area contributed by atoms with E-state index in [0.717, 1.165) is 159 Å². The molecular weight excluding hydrogens is 1510 g/mol. The van der Waals surface area contributed by atoms with Crippen molar-refractivity contribution in [3.05, 3.63) is 47.7 Å². The Hall–Kier alpha value is -2.91. The number of thioether (sulfide) groups is 1. The van der Waals surface area contributed by atoms with Crippen LogP contribution in [0, 0.1) is 124 Å². The largest absolute Gasteiger partial charge is 0.393 e. The van der Waals surface area contributed by atoms with Gasteiger partial charge in [-0.2, -0.15) is 11.8 Å². The predicted octanol–water partition coefficient (Wildman–Crippen LogP) is 37.3. The fourth-order valence-electron chi connectivity index (χ4n) is 9.13. The van der Waals surface area contributed by atoms with Gasteiger partial charge >= 0.3 is 0 Å². The highest BCUT2D eigenvalue weighted by molar-refractivity contribution is 7.98. The summed E-state index contributed by atoms with van der Waals surface area (Å²) in [6.07, 6.45) is 35.2. The van der Waals surface area contributed by atoms with Crippen LogP contribution < -0.4 is 5.73 Å². The number of carbonyl (C=O) groups is 4. The molecule has 9 heteroatoms. The first-order valence-corrected chi connectivity index (χ1v) is 52.0. The van der Waals surface area contributed by atoms with Gasteiger partial charge in [-0.3, -0.25) is 9.98 Å². The lowest BCUT2D eigenvalue weighted by Gasteiger charge is -2.11. The first-order chi connectivity index (χ1) is 55.9. The van der Waals surface area contributed by atoms with Gasteiger partial charge in [0.25, 0.3) is 0 Å². The number of carbonyl (C=O) groups excluding carboxylic acids is 4. The number of nitrogens with two attached hydrogens (primary N) is 1. The van der Waals surface area contributed by atoms with Gasteiger partial charge in [-0.1, -0.05) is 412 Å². The van der Waals surface area contributed by atoms with Gasteiger partial charge in [0.15, 0.2) is 0 Å². The number of hydrogen-bond acceptors (Lipinski definition) is 8. The van der Waals surface area contributed by atoms with Gasteiger partial charge in [-0.25, -0.2) is 0 Å². The van der Waals surface area contributed by atoms with Gasteiger partial charge in [0.05, 0.1) is 11.9 Å². The molecule has 0 spiro atoms. The lowest BCUT2D eigenvalue weighted by atomic mass is 9.95. The number of amidine groups is 1.